The van der Waals surface area contributed by atoms with Gasteiger partial charge in [0.25, 0.3) is 0 Å². The summed E-state index contributed by atoms with van der Waals surface area (Å²) in [5, 5.41) is 3.17. The van der Waals surface area contributed by atoms with Crippen LogP contribution in [0.15, 0.2) is 4.99 Å². The maximum absolute atomic E-state index is 11.9. The number of guanidine groups is 1. The average molecular weight is 282 g/mol. The van der Waals surface area contributed by atoms with Gasteiger partial charge < -0.3 is 20.7 Å². The molecule has 0 radical (unpaired) electrons. The number of hydrogen-bond donors (Lipinski definition) is 2. The maximum atomic E-state index is 11.9. The van der Waals surface area contributed by atoms with E-state index in [4.69, 9.17) is 10.5 Å². The topological polar surface area (TPSA) is 80.0 Å². The Balaban J connectivity index is 1.72. The third kappa shape index (κ3) is 4.90. The third-order valence-electron chi connectivity index (χ3n) is 3.39. The molecule has 0 aromatic carbocycles. The minimum absolute atomic E-state index is 0.229. The van der Waals surface area contributed by atoms with Gasteiger partial charge in [0.05, 0.1) is 0 Å². The molecule has 1 unspecified atom stereocenters. The molecule has 0 aromatic heterocycles. The second kappa shape index (κ2) is 5.89. The summed E-state index contributed by atoms with van der Waals surface area (Å²) >= 11 is 0. The van der Waals surface area contributed by atoms with Crippen LogP contribution in [0.2, 0.25) is 0 Å². The first-order valence-corrected chi connectivity index (χ1v) is 7.38. The minimum atomic E-state index is -0.439. The quantitative estimate of drug-likeness (QED) is 0.604. The van der Waals surface area contributed by atoms with Crippen LogP contribution in [0.25, 0.3) is 0 Å². The van der Waals surface area contributed by atoms with Gasteiger partial charge in [-0.3, -0.25) is 4.99 Å². The Morgan fingerprint density at radius 3 is 2.70 bits per heavy atom. The minimum Gasteiger partial charge on any atom is -0.444 e. The highest BCUT2D eigenvalue weighted by Crippen LogP contribution is 2.20. The molecular weight excluding hydrogens is 256 g/mol. The van der Waals surface area contributed by atoms with E-state index in [9.17, 15) is 4.79 Å². The summed E-state index contributed by atoms with van der Waals surface area (Å²) in [7, 11) is 0. The van der Waals surface area contributed by atoms with E-state index in [1.165, 1.54) is 12.8 Å². The van der Waals surface area contributed by atoms with Gasteiger partial charge in [0.15, 0.2) is 5.96 Å². The molecular formula is C14H26N4O2. The first-order chi connectivity index (χ1) is 9.33. The van der Waals surface area contributed by atoms with Gasteiger partial charge in [-0.15, -0.1) is 0 Å². The molecule has 1 atom stereocenters. The molecule has 6 nitrogen and oxygen atoms in total. The van der Waals surface area contributed by atoms with Gasteiger partial charge in [-0.1, -0.05) is 0 Å². The van der Waals surface area contributed by atoms with Gasteiger partial charge in [0.1, 0.15) is 5.60 Å². The third-order valence-corrected chi connectivity index (χ3v) is 3.39. The summed E-state index contributed by atoms with van der Waals surface area (Å²) in [6, 6.07) is 0.528. The van der Waals surface area contributed by atoms with Crippen molar-refractivity contribution >= 4 is 12.1 Å². The van der Waals surface area contributed by atoms with E-state index >= 15 is 0 Å². The lowest BCUT2D eigenvalue weighted by Crippen LogP contribution is -2.36. The van der Waals surface area contributed by atoms with Crippen LogP contribution in [0.3, 0.4) is 0 Å². The summed E-state index contributed by atoms with van der Waals surface area (Å²) in [5.74, 6) is 0.908. The Hall–Kier alpha value is -1.46. The maximum Gasteiger partial charge on any atom is 0.410 e. The molecule has 2 fully saturated rings. The molecule has 1 heterocycles. The van der Waals surface area contributed by atoms with Crippen LogP contribution in [-0.2, 0) is 4.74 Å². The predicted molar refractivity (Wildman–Crippen MR) is 78.6 cm³/mol. The molecule has 2 aliphatic rings. The number of nitrogens with zero attached hydrogens (tertiary/aromatic N) is 2. The average Bonchev–Trinajstić information content (AvgIpc) is 3.00. The number of rotatable bonds is 3. The van der Waals surface area contributed by atoms with Gasteiger partial charge in [-0.25, -0.2) is 4.79 Å². The molecule has 1 saturated heterocycles. The number of aliphatic imine (C=N–C) groups is 1. The van der Waals surface area contributed by atoms with Crippen molar-refractivity contribution in [2.75, 3.05) is 19.6 Å². The Labute approximate surface area is 120 Å². The fourth-order valence-corrected chi connectivity index (χ4v) is 2.18. The fraction of sp³-hybridized carbons (Fsp3) is 0.857. The van der Waals surface area contributed by atoms with Crippen LogP contribution in [-0.4, -0.2) is 48.2 Å². The zero-order valence-corrected chi connectivity index (χ0v) is 12.7. The molecule has 1 amide bonds. The normalized spacial score (nSPS) is 23.9. The fourth-order valence-electron chi connectivity index (χ4n) is 2.18. The molecule has 1 saturated carbocycles. The lowest BCUT2D eigenvalue weighted by Gasteiger charge is -2.24. The van der Waals surface area contributed by atoms with Crippen LogP contribution in [0.4, 0.5) is 4.79 Å². The van der Waals surface area contributed by atoms with Gasteiger partial charge in [0.2, 0.25) is 0 Å². The van der Waals surface area contributed by atoms with E-state index in [1.807, 2.05) is 20.8 Å². The van der Waals surface area contributed by atoms with E-state index in [0.717, 1.165) is 13.0 Å². The largest absolute Gasteiger partial charge is 0.444 e. The molecule has 20 heavy (non-hydrogen) atoms. The Bertz CT molecular complexity index is 385. The van der Waals surface area contributed by atoms with E-state index < -0.39 is 5.60 Å². The monoisotopic (exact) mass is 282 g/mol. The van der Waals surface area contributed by atoms with Crippen molar-refractivity contribution in [1.82, 2.24) is 10.2 Å². The Morgan fingerprint density at radius 2 is 2.10 bits per heavy atom. The van der Waals surface area contributed by atoms with Crippen molar-refractivity contribution in [3.05, 3.63) is 0 Å². The van der Waals surface area contributed by atoms with Crippen LogP contribution in [0.5, 0.6) is 0 Å². The SMILES string of the molecule is CC(C)(C)OC(=O)N1CCC(CN=C(N)NC2CC2)C1. The van der Waals surface area contributed by atoms with Crippen LogP contribution in [0.1, 0.15) is 40.0 Å². The van der Waals surface area contributed by atoms with Crippen molar-refractivity contribution in [3.8, 4) is 0 Å². The smallest absolute Gasteiger partial charge is 0.410 e. The highest BCUT2D eigenvalue weighted by Gasteiger charge is 2.29. The zero-order chi connectivity index (χ0) is 14.8. The van der Waals surface area contributed by atoms with Crippen molar-refractivity contribution in [2.45, 2.75) is 51.7 Å². The van der Waals surface area contributed by atoms with Gasteiger partial charge >= 0.3 is 6.09 Å². The van der Waals surface area contributed by atoms with Gasteiger partial charge in [0, 0.05) is 25.7 Å². The molecule has 2 rings (SSSR count). The summed E-state index contributed by atoms with van der Waals surface area (Å²) in [6.07, 6.45) is 3.10. The Morgan fingerprint density at radius 1 is 1.40 bits per heavy atom. The molecule has 0 spiro atoms. The molecule has 1 aliphatic carbocycles. The lowest BCUT2D eigenvalue weighted by molar-refractivity contribution is 0.0289. The van der Waals surface area contributed by atoms with Gasteiger partial charge in [-0.05, 0) is 46.0 Å². The summed E-state index contributed by atoms with van der Waals surface area (Å²) < 4.78 is 5.37. The van der Waals surface area contributed by atoms with E-state index in [1.54, 1.807) is 4.90 Å². The first-order valence-electron chi connectivity index (χ1n) is 7.38. The van der Waals surface area contributed by atoms with Crippen molar-refractivity contribution in [3.63, 3.8) is 0 Å². The highest BCUT2D eigenvalue weighted by atomic mass is 16.6. The number of nitrogens with two attached hydrogens (primary N) is 1. The number of ether oxygens (including phenoxy) is 1. The van der Waals surface area contributed by atoms with Crippen molar-refractivity contribution in [1.29, 1.82) is 0 Å². The molecule has 6 heteroatoms. The molecule has 1 aliphatic heterocycles. The predicted octanol–water partition coefficient (Wildman–Crippen LogP) is 1.31. The van der Waals surface area contributed by atoms with E-state index in [2.05, 4.69) is 10.3 Å². The summed E-state index contributed by atoms with van der Waals surface area (Å²) in [4.78, 5) is 18.0. The summed E-state index contributed by atoms with van der Waals surface area (Å²) in [5.41, 5.74) is 5.37. The highest BCUT2D eigenvalue weighted by molar-refractivity contribution is 5.78. The molecule has 114 valence electrons. The van der Waals surface area contributed by atoms with Crippen molar-refractivity contribution < 1.29 is 9.53 Å². The van der Waals surface area contributed by atoms with E-state index in [-0.39, 0.29) is 6.09 Å². The van der Waals surface area contributed by atoms with Crippen LogP contribution in [0, 0.1) is 5.92 Å². The molecule has 0 aromatic rings. The van der Waals surface area contributed by atoms with E-state index in [0.29, 0.717) is 31.0 Å². The molecule has 0 bridgehead atoms. The van der Waals surface area contributed by atoms with Crippen LogP contribution >= 0.6 is 0 Å². The standard InChI is InChI=1S/C14H26N4O2/c1-14(2,3)20-13(19)18-7-6-10(9-18)8-16-12(15)17-11-4-5-11/h10-11H,4-9H2,1-3H3,(H3,15,16,17). The number of nitrogens with one attached hydrogen (secondary N) is 1. The second-order valence-corrected chi connectivity index (χ2v) is 6.73. The first kappa shape index (κ1) is 14.9. The second-order valence-electron chi connectivity index (χ2n) is 6.73. The Kier molecular flexibility index (Phi) is 4.40. The zero-order valence-electron chi connectivity index (χ0n) is 12.7. The number of hydrogen-bond acceptors (Lipinski definition) is 3. The number of likely N-dealkylation sites (tertiary alicyclic amines) is 1. The van der Waals surface area contributed by atoms with Crippen molar-refractivity contribution in [2.24, 2.45) is 16.6 Å². The van der Waals surface area contributed by atoms with Gasteiger partial charge in [-0.2, -0.15) is 0 Å². The summed E-state index contributed by atoms with van der Waals surface area (Å²) in [6.45, 7) is 7.76. The number of amides is 1. The number of carbonyl (C=O) groups excluding carboxylic acids is 1. The number of carbonyl (C=O) groups is 1. The van der Waals surface area contributed by atoms with Crippen LogP contribution < -0.4 is 11.1 Å². The lowest BCUT2D eigenvalue weighted by atomic mass is 10.1. The molecule has 3 N–H and O–H groups in total.